The Hall–Kier alpha value is -2.90. The predicted molar refractivity (Wildman–Crippen MR) is 160 cm³/mol. The van der Waals surface area contributed by atoms with Gasteiger partial charge in [0, 0.05) is 24.6 Å². The van der Waals surface area contributed by atoms with E-state index in [1.165, 1.54) is 0 Å². The van der Waals surface area contributed by atoms with Crippen LogP contribution < -0.4 is 21.3 Å². The van der Waals surface area contributed by atoms with E-state index in [2.05, 4.69) is 21.3 Å². The highest BCUT2D eigenvalue weighted by Crippen LogP contribution is 2.21. The SMILES string of the molecule is CC.CCCC[C@H](NC(=O)c1ccc(C)c(C)c1)C(=O)NC(CC(C)(C)C)C(=O)NC(C)C.O=C1CCCN1. The lowest BCUT2D eigenvalue weighted by Crippen LogP contribution is -2.55. The lowest BCUT2D eigenvalue weighted by Gasteiger charge is -2.28. The molecule has 2 atom stereocenters. The van der Waals surface area contributed by atoms with Gasteiger partial charge in [0.2, 0.25) is 17.7 Å². The van der Waals surface area contributed by atoms with E-state index < -0.39 is 12.1 Å². The van der Waals surface area contributed by atoms with Crippen molar-refractivity contribution in [3.8, 4) is 0 Å². The molecule has 0 spiro atoms. The number of amides is 4. The van der Waals surface area contributed by atoms with E-state index >= 15 is 0 Å². The molecule has 2 rings (SSSR count). The topological polar surface area (TPSA) is 116 Å². The van der Waals surface area contributed by atoms with Crippen LogP contribution in [0.15, 0.2) is 18.2 Å². The number of hydrogen-bond donors (Lipinski definition) is 4. The molecule has 39 heavy (non-hydrogen) atoms. The van der Waals surface area contributed by atoms with Gasteiger partial charge in [0.25, 0.3) is 5.91 Å². The lowest BCUT2D eigenvalue weighted by atomic mass is 9.87. The minimum atomic E-state index is -0.691. The molecule has 0 aliphatic carbocycles. The second-order valence-corrected chi connectivity index (χ2v) is 11.4. The number of hydrogen-bond acceptors (Lipinski definition) is 4. The third kappa shape index (κ3) is 15.3. The molecule has 1 saturated heterocycles. The van der Waals surface area contributed by atoms with E-state index in [0.29, 0.717) is 18.4 Å². The zero-order chi connectivity index (χ0) is 30.2. The van der Waals surface area contributed by atoms with Crippen molar-refractivity contribution in [3.05, 3.63) is 34.9 Å². The van der Waals surface area contributed by atoms with Gasteiger partial charge in [-0.15, -0.1) is 0 Å². The maximum atomic E-state index is 13.1. The third-order valence-corrected chi connectivity index (χ3v) is 6.02. The fourth-order valence-electron chi connectivity index (χ4n) is 3.85. The van der Waals surface area contributed by atoms with Gasteiger partial charge >= 0.3 is 0 Å². The average Bonchev–Trinajstić information content (AvgIpc) is 3.34. The largest absolute Gasteiger partial charge is 0.356 e. The Kier molecular flexibility index (Phi) is 17.0. The highest BCUT2D eigenvalue weighted by molar-refractivity contribution is 5.98. The van der Waals surface area contributed by atoms with Crippen LogP contribution in [0, 0.1) is 19.3 Å². The van der Waals surface area contributed by atoms with Crippen molar-refractivity contribution in [1.29, 1.82) is 0 Å². The van der Waals surface area contributed by atoms with Crippen LogP contribution in [0.3, 0.4) is 0 Å². The zero-order valence-corrected chi connectivity index (χ0v) is 26.0. The quantitative estimate of drug-likeness (QED) is 0.332. The molecule has 0 radical (unpaired) electrons. The minimum Gasteiger partial charge on any atom is -0.356 e. The van der Waals surface area contributed by atoms with E-state index in [1.807, 2.05) is 81.4 Å². The summed E-state index contributed by atoms with van der Waals surface area (Å²) < 4.78 is 0. The van der Waals surface area contributed by atoms with Crippen molar-refractivity contribution < 1.29 is 19.2 Å². The van der Waals surface area contributed by atoms with Gasteiger partial charge in [0.05, 0.1) is 0 Å². The maximum absolute atomic E-state index is 13.1. The molecule has 4 amide bonds. The Balaban J connectivity index is 0.00000155. The van der Waals surface area contributed by atoms with Gasteiger partial charge in [-0.05, 0) is 75.6 Å². The molecule has 8 heteroatoms. The summed E-state index contributed by atoms with van der Waals surface area (Å²) >= 11 is 0. The Morgan fingerprint density at radius 2 is 1.56 bits per heavy atom. The average molecular weight is 547 g/mol. The molecule has 0 bridgehead atoms. The Labute approximate surface area is 236 Å². The molecule has 1 heterocycles. The summed E-state index contributed by atoms with van der Waals surface area (Å²) in [6.07, 6.45) is 4.49. The van der Waals surface area contributed by atoms with Gasteiger partial charge in [-0.1, -0.05) is 60.5 Å². The normalized spacial score (nSPS) is 14.1. The molecule has 1 aliphatic heterocycles. The first kappa shape index (κ1) is 36.1. The van der Waals surface area contributed by atoms with Crippen molar-refractivity contribution in [3.63, 3.8) is 0 Å². The summed E-state index contributed by atoms with van der Waals surface area (Å²) in [5.74, 6) is -0.597. The molecule has 4 N–H and O–H groups in total. The second kappa shape index (κ2) is 18.4. The van der Waals surface area contributed by atoms with Gasteiger partial charge in [-0.2, -0.15) is 0 Å². The van der Waals surface area contributed by atoms with Crippen LogP contribution >= 0.6 is 0 Å². The van der Waals surface area contributed by atoms with Gasteiger partial charge in [-0.3, -0.25) is 19.2 Å². The van der Waals surface area contributed by atoms with Gasteiger partial charge in [0.15, 0.2) is 0 Å². The zero-order valence-electron chi connectivity index (χ0n) is 26.0. The van der Waals surface area contributed by atoms with E-state index in [9.17, 15) is 19.2 Å². The molecule has 0 aromatic heterocycles. The first-order valence-electron chi connectivity index (χ1n) is 14.5. The van der Waals surface area contributed by atoms with Crippen molar-refractivity contribution in [1.82, 2.24) is 21.3 Å². The van der Waals surface area contributed by atoms with Crippen molar-refractivity contribution in [2.45, 2.75) is 126 Å². The first-order valence-corrected chi connectivity index (χ1v) is 14.5. The van der Waals surface area contributed by atoms with Crippen LogP contribution in [0.5, 0.6) is 0 Å². The highest BCUT2D eigenvalue weighted by atomic mass is 16.2. The van der Waals surface area contributed by atoms with Crippen molar-refractivity contribution in [2.75, 3.05) is 6.54 Å². The lowest BCUT2D eigenvalue weighted by molar-refractivity contribution is -0.131. The second-order valence-electron chi connectivity index (χ2n) is 11.4. The number of benzene rings is 1. The maximum Gasteiger partial charge on any atom is 0.251 e. The fraction of sp³-hybridized carbons (Fsp3) is 0.677. The van der Waals surface area contributed by atoms with Crippen molar-refractivity contribution >= 4 is 23.6 Å². The van der Waals surface area contributed by atoms with Crippen LogP contribution in [-0.4, -0.2) is 48.3 Å². The van der Waals surface area contributed by atoms with Gasteiger partial charge in [-0.25, -0.2) is 0 Å². The van der Waals surface area contributed by atoms with Gasteiger partial charge in [0.1, 0.15) is 12.1 Å². The number of unbranched alkanes of at least 4 members (excludes halogenated alkanes) is 1. The summed E-state index contributed by atoms with van der Waals surface area (Å²) in [5, 5.41) is 11.3. The molecule has 1 aromatic rings. The van der Waals surface area contributed by atoms with Crippen LogP contribution in [-0.2, 0) is 14.4 Å². The third-order valence-electron chi connectivity index (χ3n) is 6.02. The molecular weight excluding hydrogens is 492 g/mol. The van der Waals surface area contributed by atoms with Crippen LogP contribution in [0.2, 0.25) is 0 Å². The minimum absolute atomic E-state index is 0.0211. The molecule has 8 nitrogen and oxygen atoms in total. The molecule has 1 fully saturated rings. The van der Waals surface area contributed by atoms with E-state index in [0.717, 1.165) is 43.4 Å². The van der Waals surface area contributed by atoms with Crippen LogP contribution in [0.25, 0.3) is 0 Å². The number of nitrogens with one attached hydrogen (secondary N) is 4. The Morgan fingerprint density at radius 3 is 2.00 bits per heavy atom. The molecular formula is C31H54N4O4. The number of carbonyl (C=O) groups excluding carboxylic acids is 4. The predicted octanol–water partition coefficient (Wildman–Crippen LogP) is 4.96. The summed E-state index contributed by atoms with van der Waals surface area (Å²) in [7, 11) is 0. The van der Waals surface area contributed by atoms with Crippen molar-refractivity contribution in [2.24, 2.45) is 5.41 Å². The fourth-order valence-corrected chi connectivity index (χ4v) is 3.85. The smallest absolute Gasteiger partial charge is 0.251 e. The van der Waals surface area contributed by atoms with Gasteiger partial charge < -0.3 is 21.3 Å². The van der Waals surface area contributed by atoms with E-state index in [1.54, 1.807) is 6.07 Å². The molecule has 0 saturated carbocycles. The molecule has 1 aliphatic rings. The molecule has 1 aromatic carbocycles. The summed E-state index contributed by atoms with van der Waals surface area (Å²) in [6, 6.07) is 4.14. The summed E-state index contributed by atoms with van der Waals surface area (Å²) in [6.45, 7) is 20.8. The number of carbonyl (C=O) groups is 4. The Morgan fingerprint density at radius 1 is 0.949 bits per heavy atom. The van der Waals surface area contributed by atoms with Crippen LogP contribution in [0.1, 0.15) is 115 Å². The van der Waals surface area contributed by atoms with Crippen LogP contribution in [0.4, 0.5) is 0 Å². The van der Waals surface area contributed by atoms with E-state index in [4.69, 9.17) is 0 Å². The Bertz CT molecular complexity index is 914. The first-order chi connectivity index (χ1) is 18.2. The molecule has 1 unspecified atom stereocenters. The monoisotopic (exact) mass is 546 g/mol. The summed E-state index contributed by atoms with van der Waals surface area (Å²) in [4.78, 5) is 48.8. The molecule has 222 valence electrons. The highest BCUT2D eigenvalue weighted by Gasteiger charge is 2.30. The number of aryl methyl sites for hydroxylation is 2. The standard InChI is InChI=1S/C25H41N3O3.C4H7NO.C2H6/c1-9-10-11-20(27-22(29)19-13-12-17(4)18(5)14-19)23(30)28-21(15-25(6,7)8)24(31)26-16(2)3;6-4-2-1-3-5-4;1-2/h12-14,16,20-21H,9-11,15H2,1-8H3,(H,26,31)(H,27,29)(H,28,30);1-3H2,(H,5,6);1-2H3/t20-,21?;;/m0../s1. The van der Waals surface area contributed by atoms with E-state index in [-0.39, 0.29) is 35.1 Å². The summed E-state index contributed by atoms with van der Waals surface area (Å²) in [5.41, 5.74) is 2.52. The number of rotatable bonds is 10.